The van der Waals surface area contributed by atoms with Crippen LogP contribution in [0, 0.1) is 0 Å². The van der Waals surface area contributed by atoms with Crippen molar-refractivity contribution in [2.24, 2.45) is 0 Å². The van der Waals surface area contributed by atoms with E-state index in [0.29, 0.717) is 6.42 Å². The molecular formula is C9H20O3. The summed E-state index contributed by atoms with van der Waals surface area (Å²) >= 11 is 0. The molecular weight excluding hydrogens is 156 g/mol. The number of ether oxygens (including phenoxy) is 1. The summed E-state index contributed by atoms with van der Waals surface area (Å²) in [5, 5.41) is 18.0. The number of hydrogen-bond acceptors (Lipinski definition) is 3. The normalized spacial score (nSPS) is 35.2. The molecule has 0 spiro atoms. The van der Waals surface area contributed by atoms with E-state index < -0.39 is 12.4 Å². The summed E-state index contributed by atoms with van der Waals surface area (Å²) in [5.41, 5.74) is 0. The molecule has 3 heteroatoms. The molecule has 0 radical (unpaired) electrons. The van der Waals surface area contributed by atoms with Gasteiger partial charge in [-0.2, -0.15) is 0 Å². The number of rotatable bonds is 1. The Morgan fingerprint density at radius 3 is 2.25 bits per heavy atom. The molecule has 1 saturated heterocycles. The van der Waals surface area contributed by atoms with Crippen molar-refractivity contribution in [3.8, 4) is 0 Å². The van der Waals surface area contributed by atoms with Crippen LogP contribution < -0.4 is 0 Å². The third-order valence-electron chi connectivity index (χ3n) is 1.90. The Hall–Kier alpha value is -0.120. The molecule has 3 atom stereocenters. The van der Waals surface area contributed by atoms with Gasteiger partial charge in [-0.3, -0.25) is 0 Å². The van der Waals surface area contributed by atoms with E-state index >= 15 is 0 Å². The van der Waals surface area contributed by atoms with Crippen molar-refractivity contribution in [2.45, 2.75) is 58.5 Å². The van der Waals surface area contributed by atoms with Crippen LogP contribution in [0.1, 0.15) is 40.0 Å². The fourth-order valence-electron chi connectivity index (χ4n) is 1.16. The molecule has 0 amide bonds. The van der Waals surface area contributed by atoms with Gasteiger partial charge in [0.2, 0.25) is 0 Å². The first-order valence-corrected chi connectivity index (χ1v) is 4.75. The first-order chi connectivity index (χ1) is 5.74. The van der Waals surface area contributed by atoms with Gasteiger partial charge in [0.05, 0.1) is 6.10 Å². The summed E-state index contributed by atoms with van der Waals surface area (Å²) in [6, 6.07) is 0. The second-order valence-electron chi connectivity index (χ2n) is 2.70. The second kappa shape index (κ2) is 6.40. The minimum atomic E-state index is -0.960. The summed E-state index contributed by atoms with van der Waals surface area (Å²) in [5.74, 6) is 0. The van der Waals surface area contributed by atoms with E-state index in [1.54, 1.807) is 0 Å². The van der Waals surface area contributed by atoms with Crippen molar-refractivity contribution >= 4 is 0 Å². The van der Waals surface area contributed by atoms with E-state index in [9.17, 15) is 0 Å². The van der Waals surface area contributed by atoms with Crippen LogP contribution in [0.2, 0.25) is 0 Å². The molecule has 2 N–H and O–H groups in total. The topological polar surface area (TPSA) is 49.7 Å². The molecule has 0 aromatic heterocycles. The van der Waals surface area contributed by atoms with Crippen LogP contribution in [0.3, 0.4) is 0 Å². The van der Waals surface area contributed by atoms with Gasteiger partial charge in [-0.25, -0.2) is 0 Å². The van der Waals surface area contributed by atoms with Gasteiger partial charge in [-0.1, -0.05) is 20.8 Å². The van der Waals surface area contributed by atoms with Gasteiger partial charge in [-0.15, -0.1) is 0 Å². The molecule has 12 heavy (non-hydrogen) atoms. The van der Waals surface area contributed by atoms with Gasteiger partial charge in [0.15, 0.2) is 6.29 Å². The molecule has 1 heterocycles. The molecule has 0 bridgehead atoms. The lowest BCUT2D eigenvalue weighted by molar-refractivity contribution is -0.215. The summed E-state index contributed by atoms with van der Waals surface area (Å²) in [6.45, 7) is 6.01. The molecule has 0 aliphatic carbocycles. The Bertz CT molecular complexity index is 106. The summed E-state index contributed by atoms with van der Waals surface area (Å²) in [7, 11) is 0. The zero-order valence-corrected chi connectivity index (χ0v) is 8.16. The SMILES string of the molecule is CC.CC[C@@H]1CC[C@H](O)C(O)O1. The van der Waals surface area contributed by atoms with Crippen molar-refractivity contribution in [2.75, 3.05) is 0 Å². The van der Waals surface area contributed by atoms with E-state index in [1.165, 1.54) is 0 Å². The van der Waals surface area contributed by atoms with Gasteiger partial charge in [0.1, 0.15) is 6.10 Å². The molecule has 1 fully saturated rings. The molecule has 1 aliphatic heterocycles. The predicted molar refractivity (Wildman–Crippen MR) is 47.8 cm³/mol. The van der Waals surface area contributed by atoms with Crippen LogP contribution in [0.15, 0.2) is 0 Å². The van der Waals surface area contributed by atoms with Gasteiger partial charge in [0.25, 0.3) is 0 Å². The van der Waals surface area contributed by atoms with Crippen LogP contribution in [-0.4, -0.2) is 28.7 Å². The highest BCUT2D eigenvalue weighted by atomic mass is 16.6. The van der Waals surface area contributed by atoms with Gasteiger partial charge >= 0.3 is 0 Å². The Morgan fingerprint density at radius 1 is 1.25 bits per heavy atom. The largest absolute Gasteiger partial charge is 0.388 e. The van der Waals surface area contributed by atoms with Crippen molar-refractivity contribution in [1.29, 1.82) is 0 Å². The van der Waals surface area contributed by atoms with Gasteiger partial charge in [0, 0.05) is 0 Å². The Morgan fingerprint density at radius 2 is 1.83 bits per heavy atom. The lowest BCUT2D eigenvalue weighted by Gasteiger charge is -2.29. The molecule has 0 aromatic rings. The fourth-order valence-corrected chi connectivity index (χ4v) is 1.16. The maximum atomic E-state index is 9.02. The Kier molecular flexibility index (Phi) is 6.34. The fraction of sp³-hybridized carbons (Fsp3) is 1.00. The van der Waals surface area contributed by atoms with Gasteiger partial charge < -0.3 is 14.9 Å². The molecule has 0 saturated carbocycles. The minimum Gasteiger partial charge on any atom is -0.388 e. The van der Waals surface area contributed by atoms with Crippen LogP contribution in [0.25, 0.3) is 0 Å². The first kappa shape index (κ1) is 11.9. The number of hydrogen-bond donors (Lipinski definition) is 2. The summed E-state index contributed by atoms with van der Waals surface area (Å²) < 4.78 is 5.05. The van der Waals surface area contributed by atoms with Crippen molar-refractivity contribution < 1.29 is 14.9 Å². The third-order valence-corrected chi connectivity index (χ3v) is 1.90. The maximum absolute atomic E-state index is 9.02. The average molecular weight is 176 g/mol. The number of aliphatic hydroxyl groups excluding tert-OH is 2. The maximum Gasteiger partial charge on any atom is 0.181 e. The standard InChI is InChI=1S/C7H14O3.C2H6/c1-2-5-3-4-6(8)7(9)10-5;1-2/h5-9H,2-4H2,1H3;1-2H3/t5-,6+,7?;/m1./s1. The minimum absolute atomic E-state index is 0.137. The quantitative estimate of drug-likeness (QED) is 0.632. The monoisotopic (exact) mass is 176 g/mol. The molecule has 74 valence electrons. The Balaban J connectivity index is 0.000000561. The van der Waals surface area contributed by atoms with Crippen LogP contribution in [0.5, 0.6) is 0 Å². The summed E-state index contributed by atoms with van der Waals surface area (Å²) in [4.78, 5) is 0. The van der Waals surface area contributed by atoms with Crippen LogP contribution >= 0.6 is 0 Å². The van der Waals surface area contributed by atoms with Crippen molar-refractivity contribution in [3.05, 3.63) is 0 Å². The molecule has 1 aliphatic rings. The van der Waals surface area contributed by atoms with Gasteiger partial charge in [-0.05, 0) is 19.3 Å². The summed E-state index contributed by atoms with van der Waals surface area (Å²) in [6.07, 6.45) is 0.915. The van der Waals surface area contributed by atoms with E-state index in [-0.39, 0.29) is 6.10 Å². The first-order valence-electron chi connectivity index (χ1n) is 4.75. The highest BCUT2D eigenvalue weighted by molar-refractivity contribution is 4.70. The average Bonchev–Trinajstić information content (AvgIpc) is 2.13. The molecule has 1 unspecified atom stereocenters. The highest BCUT2D eigenvalue weighted by Gasteiger charge is 2.26. The van der Waals surface area contributed by atoms with Crippen LogP contribution in [0.4, 0.5) is 0 Å². The van der Waals surface area contributed by atoms with Crippen LogP contribution in [-0.2, 0) is 4.74 Å². The van der Waals surface area contributed by atoms with E-state index in [4.69, 9.17) is 14.9 Å². The zero-order valence-electron chi connectivity index (χ0n) is 8.16. The van der Waals surface area contributed by atoms with E-state index in [2.05, 4.69) is 0 Å². The van der Waals surface area contributed by atoms with Crippen molar-refractivity contribution in [3.63, 3.8) is 0 Å². The molecule has 1 rings (SSSR count). The second-order valence-corrected chi connectivity index (χ2v) is 2.70. The lowest BCUT2D eigenvalue weighted by atomic mass is 10.0. The zero-order chi connectivity index (χ0) is 9.56. The number of aliphatic hydroxyl groups is 2. The Labute approximate surface area is 74.4 Å². The van der Waals surface area contributed by atoms with E-state index in [0.717, 1.165) is 12.8 Å². The molecule has 3 nitrogen and oxygen atoms in total. The smallest absolute Gasteiger partial charge is 0.181 e. The third kappa shape index (κ3) is 3.52. The van der Waals surface area contributed by atoms with E-state index in [1.807, 2.05) is 20.8 Å². The van der Waals surface area contributed by atoms with Crippen molar-refractivity contribution in [1.82, 2.24) is 0 Å². The lowest BCUT2D eigenvalue weighted by Crippen LogP contribution is -2.38. The predicted octanol–water partition coefficient (Wildman–Crippen LogP) is 1.28. The molecule has 0 aromatic carbocycles. The highest BCUT2D eigenvalue weighted by Crippen LogP contribution is 2.19.